The molecule has 4 heterocycles. The van der Waals surface area contributed by atoms with Crippen molar-refractivity contribution in [2.24, 2.45) is 7.05 Å². The first-order valence-corrected chi connectivity index (χ1v) is 13.7. The molecule has 6 rings (SSSR count). The monoisotopic (exact) mass is 553 g/mol. The van der Waals surface area contributed by atoms with Crippen molar-refractivity contribution in [3.8, 4) is 33.1 Å². The molecule has 0 aliphatic rings. The molecule has 0 saturated heterocycles. The predicted molar refractivity (Wildman–Crippen MR) is 156 cm³/mol. The van der Waals surface area contributed by atoms with Gasteiger partial charge in [0.1, 0.15) is 10.5 Å². The van der Waals surface area contributed by atoms with Crippen molar-refractivity contribution in [3.05, 3.63) is 83.1 Å². The number of hydrogen-bond donors (Lipinski definition) is 0. The van der Waals surface area contributed by atoms with E-state index in [4.69, 9.17) is 26.3 Å². The fourth-order valence-electron chi connectivity index (χ4n) is 4.75. The number of pyridine rings is 2. The molecule has 4 aromatic heterocycles. The number of nitrogens with zero attached hydrogens (tertiary/aromatic N) is 5. The van der Waals surface area contributed by atoms with Crippen molar-refractivity contribution in [1.82, 2.24) is 24.7 Å². The first-order valence-electron chi connectivity index (χ1n) is 12.5. The molecule has 9 heteroatoms. The van der Waals surface area contributed by atoms with Crippen molar-refractivity contribution >= 4 is 50.2 Å². The number of hydrogen-bond acceptors (Lipinski definition) is 7. The molecule has 0 bridgehead atoms. The van der Waals surface area contributed by atoms with Gasteiger partial charge in [0.25, 0.3) is 0 Å². The average molecular weight is 554 g/mol. The minimum absolute atomic E-state index is 0.183. The molecule has 39 heavy (non-hydrogen) atoms. The SMILES string of the molecule is CCOC(=O)Cc1c(C)cc2nc(-c3ccnc(-c4ccc5c(cnn5C)n4)c3)sc2c1-c1ccc(Cl)cc1. The molecule has 194 valence electrons. The van der Waals surface area contributed by atoms with Crippen LogP contribution in [-0.4, -0.2) is 37.3 Å². The number of fused-ring (bicyclic) bond motifs is 2. The normalized spacial score (nSPS) is 11.4. The molecule has 0 N–H and O–H groups in total. The van der Waals surface area contributed by atoms with Crippen LogP contribution in [0.3, 0.4) is 0 Å². The highest BCUT2D eigenvalue weighted by Gasteiger charge is 2.20. The highest BCUT2D eigenvalue weighted by atomic mass is 35.5. The second kappa shape index (κ2) is 10.2. The second-order valence-electron chi connectivity index (χ2n) is 9.20. The van der Waals surface area contributed by atoms with Crippen LogP contribution in [0.15, 0.2) is 67.0 Å². The number of benzene rings is 2. The quantitative estimate of drug-likeness (QED) is 0.206. The highest BCUT2D eigenvalue weighted by molar-refractivity contribution is 7.22. The maximum absolute atomic E-state index is 12.5. The number of aromatic nitrogens is 5. The van der Waals surface area contributed by atoms with Gasteiger partial charge in [0.05, 0.1) is 46.3 Å². The minimum atomic E-state index is -0.253. The van der Waals surface area contributed by atoms with E-state index in [9.17, 15) is 4.79 Å². The van der Waals surface area contributed by atoms with Crippen LogP contribution >= 0.6 is 22.9 Å². The van der Waals surface area contributed by atoms with Gasteiger partial charge in [0, 0.05) is 29.4 Å². The van der Waals surface area contributed by atoms with Crippen molar-refractivity contribution in [3.63, 3.8) is 0 Å². The van der Waals surface area contributed by atoms with E-state index >= 15 is 0 Å². The predicted octanol–water partition coefficient (Wildman–Crippen LogP) is 7.04. The second-order valence-corrected chi connectivity index (χ2v) is 10.6. The van der Waals surface area contributed by atoms with Crippen LogP contribution in [0.5, 0.6) is 0 Å². The lowest BCUT2D eigenvalue weighted by Crippen LogP contribution is -2.09. The van der Waals surface area contributed by atoms with Crippen molar-refractivity contribution in [2.45, 2.75) is 20.3 Å². The molecule has 0 unspecified atom stereocenters. The Morgan fingerprint density at radius 1 is 1.00 bits per heavy atom. The Morgan fingerprint density at radius 3 is 2.62 bits per heavy atom. The molecule has 7 nitrogen and oxygen atoms in total. The number of thiazole rings is 1. The molecule has 6 aromatic rings. The summed E-state index contributed by atoms with van der Waals surface area (Å²) in [5, 5.41) is 5.80. The van der Waals surface area contributed by atoms with Crippen LogP contribution < -0.4 is 0 Å². The Morgan fingerprint density at radius 2 is 1.82 bits per heavy atom. The number of rotatable bonds is 6. The van der Waals surface area contributed by atoms with Gasteiger partial charge in [-0.25, -0.2) is 9.97 Å². The Balaban J connectivity index is 1.48. The first-order chi connectivity index (χ1) is 18.9. The van der Waals surface area contributed by atoms with E-state index in [1.54, 1.807) is 28.4 Å². The molecule has 0 amide bonds. The van der Waals surface area contributed by atoms with Crippen LogP contribution in [0.4, 0.5) is 0 Å². The fraction of sp³-hybridized carbons (Fsp3) is 0.167. The number of aryl methyl sites for hydroxylation is 2. The molecule has 0 atom stereocenters. The lowest BCUT2D eigenvalue weighted by atomic mass is 9.93. The van der Waals surface area contributed by atoms with Crippen LogP contribution in [0.1, 0.15) is 18.1 Å². The summed E-state index contributed by atoms with van der Waals surface area (Å²) in [7, 11) is 1.90. The number of esters is 1. The van der Waals surface area contributed by atoms with E-state index in [0.717, 1.165) is 65.5 Å². The summed E-state index contributed by atoms with van der Waals surface area (Å²) in [6.07, 6.45) is 3.72. The van der Waals surface area contributed by atoms with E-state index in [2.05, 4.69) is 10.1 Å². The zero-order chi connectivity index (χ0) is 27.1. The minimum Gasteiger partial charge on any atom is -0.466 e. The summed E-state index contributed by atoms with van der Waals surface area (Å²) in [5.74, 6) is -0.253. The molecule has 0 aliphatic heterocycles. The number of halogens is 1. The van der Waals surface area contributed by atoms with Crippen LogP contribution in [0.2, 0.25) is 5.02 Å². The lowest BCUT2D eigenvalue weighted by Gasteiger charge is -2.14. The molecule has 0 aliphatic carbocycles. The fourth-order valence-corrected chi connectivity index (χ4v) is 6.01. The van der Waals surface area contributed by atoms with Crippen LogP contribution in [-0.2, 0) is 23.0 Å². The number of carbonyl (C=O) groups excluding carboxylic acids is 1. The van der Waals surface area contributed by atoms with Gasteiger partial charge in [0.15, 0.2) is 0 Å². The largest absolute Gasteiger partial charge is 0.466 e. The Kier molecular flexibility index (Phi) is 6.58. The van der Waals surface area contributed by atoms with Gasteiger partial charge >= 0.3 is 5.97 Å². The van der Waals surface area contributed by atoms with E-state index in [0.29, 0.717) is 11.6 Å². The van der Waals surface area contributed by atoms with Crippen LogP contribution in [0.25, 0.3) is 54.3 Å². The average Bonchev–Trinajstić information content (AvgIpc) is 3.53. The van der Waals surface area contributed by atoms with Crippen molar-refractivity contribution in [1.29, 1.82) is 0 Å². The molecule has 0 fully saturated rings. The molecular formula is C30H24ClN5O2S. The van der Waals surface area contributed by atoms with Gasteiger partial charge in [-0.2, -0.15) is 5.10 Å². The third kappa shape index (κ3) is 4.77. The van der Waals surface area contributed by atoms with Crippen molar-refractivity contribution in [2.75, 3.05) is 6.61 Å². The van der Waals surface area contributed by atoms with Gasteiger partial charge < -0.3 is 4.74 Å². The molecule has 0 spiro atoms. The maximum Gasteiger partial charge on any atom is 0.310 e. The van der Waals surface area contributed by atoms with Crippen LogP contribution in [0, 0.1) is 6.92 Å². The van der Waals surface area contributed by atoms with Gasteiger partial charge in [0.2, 0.25) is 0 Å². The van der Waals surface area contributed by atoms with E-state index < -0.39 is 0 Å². The summed E-state index contributed by atoms with van der Waals surface area (Å²) in [5.41, 5.74) is 9.01. The van der Waals surface area contributed by atoms with Gasteiger partial charge in [-0.15, -0.1) is 11.3 Å². The van der Waals surface area contributed by atoms with Gasteiger partial charge in [-0.1, -0.05) is 23.7 Å². The third-order valence-electron chi connectivity index (χ3n) is 6.64. The number of ether oxygens (including phenoxy) is 1. The Hall–Kier alpha value is -4.14. The van der Waals surface area contributed by atoms with Crippen molar-refractivity contribution < 1.29 is 9.53 Å². The summed E-state index contributed by atoms with van der Waals surface area (Å²) in [6, 6.07) is 17.7. The zero-order valence-electron chi connectivity index (χ0n) is 21.6. The molecule has 2 aromatic carbocycles. The van der Waals surface area contributed by atoms with Gasteiger partial charge in [-0.05, 0) is 73.0 Å². The van der Waals surface area contributed by atoms with E-state index in [1.165, 1.54) is 0 Å². The van der Waals surface area contributed by atoms with E-state index in [-0.39, 0.29) is 12.4 Å². The zero-order valence-corrected chi connectivity index (χ0v) is 23.2. The topological polar surface area (TPSA) is 82.8 Å². The lowest BCUT2D eigenvalue weighted by molar-refractivity contribution is -0.142. The Bertz CT molecular complexity index is 1860. The van der Waals surface area contributed by atoms with Gasteiger partial charge in [-0.3, -0.25) is 14.5 Å². The summed E-state index contributed by atoms with van der Waals surface area (Å²) in [4.78, 5) is 26.9. The Labute approximate surface area is 234 Å². The number of carbonyl (C=O) groups is 1. The molecule has 0 radical (unpaired) electrons. The molecule has 0 saturated carbocycles. The van der Waals surface area contributed by atoms with E-state index in [1.807, 2.05) is 75.5 Å². The highest BCUT2D eigenvalue weighted by Crippen LogP contribution is 2.41. The first kappa shape index (κ1) is 25.2. The smallest absolute Gasteiger partial charge is 0.310 e. The summed E-state index contributed by atoms with van der Waals surface area (Å²) >= 11 is 7.79. The third-order valence-corrected chi connectivity index (χ3v) is 8.03. The standard InChI is InChI=1S/C30H24ClN5O2S/c1-4-38-27(37)15-21-17(2)13-24-29(28(21)18-5-7-20(31)8-6-18)39-30(35-24)19-11-12-32-23(14-19)22-9-10-26-25(34-22)16-33-36(26)3/h5-14,16H,4,15H2,1-3H3. The summed E-state index contributed by atoms with van der Waals surface area (Å²) < 4.78 is 8.09. The maximum atomic E-state index is 12.5. The summed E-state index contributed by atoms with van der Waals surface area (Å²) in [6.45, 7) is 4.17. The molecular weight excluding hydrogens is 530 g/mol.